The zero-order chi connectivity index (χ0) is 11.8. The number of benzene rings is 1. The molecule has 0 spiro atoms. The minimum Gasteiger partial charge on any atom is -0.394 e. The molecule has 17 heavy (non-hydrogen) atoms. The maximum Gasteiger partial charge on any atom is 0.0994 e. The van der Waals surface area contributed by atoms with E-state index < -0.39 is 0 Å². The molecule has 3 nitrogen and oxygen atoms in total. The van der Waals surface area contributed by atoms with Crippen LogP contribution in [0, 0.1) is 0 Å². The Kier molecular flexibility index (Phi) is 2.90. The molecule has 3 rings (SSSR count). The Labute approximate surface area is 102 Å². The van der Waals surface area contributed by atoms with Gasteiger partial charge in [-0.05, 0) is 18.9 Å². The van der Waals surface area contributed by atoms with Gasteiger partial charge >= 0.3 is 0 Å². The minimum atomic E-state index is 0.108. The Balaban J connectivity index is 1.80. The number of epoxide rings is 1. The van der Waals surface area contributed by atoms with E-state index in [9.17, 15) is 5.11 Å². The topological polar surface area (TPSA) is 36.0 Å². The molecule has 0 amide bonds. The molecule has 2 saturated heterocycles. The molecule has 0 unspecified atom stereocenters. The average Bonchev–Trinajstić information content (AvgIpc) is 3.14. The first-order chi connectivity index (χ1) is 8.31. The number of hydrogen-bond donors (Lipinski definition) is 1. The monoisotopic (exact) mass is 233 g/mol. The van der Waals surface area contributed by atoms with Gasteiger partial charge in [-0.2, -0.15) is 0 Å². The molecule has 4 atom stereocenters. The fourth-order valence-corrected chi connectivity index (χ4v) is 3.00. The van der Waals surface area contributed by atoms with E-state index in [0.717, 1.165) is 13.0 Å². The van der Waals surface area contributed by atoms with Gasteiger partial charge in [0.1, 0.15) is 0 Å². The summed E-state index contributed by atoms with van der Waals surface area (Å²) in [4.78, 5) is 2.38. The Morgan fingerprint density at radius 1 is 1.41 bits per heavy atom. The van der Waals surface area contributed by atoms with E-state index in [1.165, 1.54) is 5.56 Å². The molecule has 2 aliphatic heterocycles. The van der Waals surface area contributed by atoms with Crippen LogP contribution in [0.2, 0.25) is 0 Å². The summed E-state index contributed by atoms with van der Waals surface area (Å²) >= 11 is 0. The van der Waals surface area contributed by atoms with E-state index in [0.29, 0.717) is 18.2 Å². The lowest BCUT2D eigenvalue weighted by molar-refractivity contribution is 0.0715. The molecule has 1 aromatic rings. The van der Waals surface area contributed by atoms with Crippen LogP contribution in [0.15, 0.2) is 30.3 Å². The lowest BCUT2D eigenvalue weighted by Gasteiger charge is -2.37. The zero-order valence-electron chi connectivity index (χ0n) is 10.1. The second-order valence-corrected chi connectivity index (χ2v) is 5.02. The molecule has 2 fully saturated rings. The number of hydrogen-bond acceptors (Lipinski definition) is 3. The van der Waals surface area contributed by atoms with E-state index in [2.05, 4.69) is 24.0 Å². The summed E-state index contributed by atoms with van der Waals surface area (Å²) in [5.41, 5.74) is 1.20. The van der Waals surface area contributed by atoms with Crippen LogP contribution < -0.4 is 0 Å². The van der Waals surface area contributed by atoms with Gasteiger partial charge in [0.15, 0.2) is 0 Å². The first kappa shape index (κ1) is 11.2. The molecule has 1 aromatic carbocycles. The molecular weight excluding hydrogens is 214 g/mol. The molecule has 0 aromatic heterocycles. The predicted molar refractivity (Wildman–Crippen MR) is 65.7 cm³/mol. The van der Waals surface area contributed by atoms with Crippen LogP contribution in [0.3, 0.4) is 0 Å². The van der Waals surface area contributed by atoms with Gasteiger partial charge in [-0.15, -0.1) is 0 Å². The Morgan fingerprint density at radius 2 is 2.18 bits per heavy atom. The van der Waals surface area contributed by atoms with E-state index >= 15 is 0 Å². The Bertz CT molecular complexity index is 381. The Morgan fingerprint density at radius 3 is 2.88 bits per heavy atom. The van der Waals surface area contributed by atoms with Gasteiger partial charge in [0.2, 0.25) is 0 Å². The minimum absolute atomic E-state index is 0.108. The number of ether oxygens (including phenoxy) is 1. The second kappa shape index (κ2) is 4.41. The fraction of sp³-hybridized carbons (Fsp3) is 0.571. The van der Waals surface area contributed by atoms with Crippen LogP contribution in [-0.4, -0.2) is 41.4 Å². The van der Waals surface area contributed by atoms with Gasteiger partial charge in [0, 0.05) is 12.6 Å². The van der Waals surface area contributed by atoms with Crippen molar-refractivity contribution in [2.45, 2.75) is 37.6 Å². The quantitative estimate of drug-likeness (QED) is 0.805. The molecule has 2 aliphatic rings. The number of rotatable bonds is 3. The fourth-order valence-electron chi connectivity index (χ4n) is 3.00. The number of aliphatic hydroxyl groups is 1. The Hall–Kier alpha value is -0.900. The van der Waals surface area contributed by atoms with Crippen molar-refractivity contribution in [1.82, 2.24) is 4.90 Å². The van der Waals surface area contributed by atoms with Crippen molar-refractivity contribution in [3.05, 3.63) is 35.9 Å². The third kappa shape index (κ3) is 1.99. The highest BCUT2D eigenvalue weighted by atomic mass is 16.6. The van der Waals surface area contributed by atoms with Gasteiger partial charge in [0.05, 0.1) is 24.9 Å². The van der Waals surface area contributed by atoms with Gasteiger partial charge in [-0.1, -0.05) is 30.3 Å². The van der Waals surface area contributed by atoms with Gasteiger partial charge in [-0.3, -0.25) is 4.90 Å². The summed E-state index contributed by atoms with van der Waals surface area (Å²) in [6.07, 6.45) is 1.97. The number of likely N-dealkylation sites (tertiary alicyclic amines) is 1. The first-order valence-electron chi connectivity index (χ1n) is 6.38. The highest BCUT2D eigenvalue weighted by Gasteiger charge is 2.49. The summed E-state index contributed by atoms with van der Waals surface area (Å²) in [6.45, 7) is 3.39. The summed E-state index contributed by atoms with van der Waals surface area (Å²) in [5, 5.41) is 9.67. The number of aliphatic hydroxyl groups excluding tert-OH is 1. The average molecular weight is 233 g/mol. The first-order valence-corrected chi connectivity index (χ1v) is 6.38. The maximum absolute atomic E-state index is 9.67. The van der Waals surface area contributed by atoms with Crippen molar-refractivity contribution >= 4 is 0 Å². The third-order valence-corrected chi connectivity index (χ3v) is 4.05. The number of piperidine rings is 1. The molecule has 2 heterocycles. The number of nitrogens with zero attached hydrogens (tertiary/aromatic N) is 1. The van der Waals surface area contributed by atoms with E-state index in [-0.39, 0.29) is 12.6 Å². The molecule has 0 aliphatic carbocycles. The SMILES string of the molecule is C[C@H]1[C@@H]2O[C@@H]2CCN1[C@@H](CO)c1ccccc1. The van der Waals surface area contributed by atoms with Gasteiger partial charge in [0.25, 0.3) is 0 Å². The number of fused-ring (bicyclic) bond motifs is 1. The molecule has 0 bridgehead atoms. The maximum atomic E-state index is 9.67. The van der Waals surface area contributed by atoms with Crippen molar-refractivity contribution in [2.75, 3.05) is 13.2 Å². The molecule has 0 saturated carbocycles. The lowest BCUT2D eigenvalue weighted by atomic mass is 9.97. The van der Waals surface area contributed by atoms with Crippen molar-refractivity contribution < 1.29 is 9.84 Å². The smallest absolute Gasteiger partial charge is 0.0994 e. The highest BCUT2D eigenvalue weighted by molar-refractivity contribution is 5.20. The summed E-state index contributed by atoms with van der Waals surface area (Å²) < 4.78 is 5.63. The molecular formula is C14H19NO2. The molecule has 92 valence electrons. The standard InChI is InChI=1S/C14H19NO2/c1-10-14-13(17-14)7-8-15(10)12(9-16)11-5-3-2-4-6-11/h2-6,10,12-14,16H,7-9H2,1H3/t10-,12-,13+,14-/m0/s1. The van der Waals surface area contributed by atoms with Crippen LogP contribution in [0.25, 0.3) is 0 Å². The van der Waals surface area contributed by atoms with Crippen molar-refractivity contribution in [3.8, 4) is 0 Å². The van der Waals surface area contributed by atoms with E-state index in [1.54, 1.807) is 0 Å². The normalized spacial score (nSPS) is 34.1. The van der Waals surface area contributed by atoms with Crippen molar-refractivity contribution in [1.29, 1.82) is 0 Å². The largest absolute Gasteiger partial charge is 0.394 e. The summed E-state index contributed by atoms with van der Waals surface area (Å²) in [7, 11) is 0. The summed E-state index contributed by atoms with van der Waals surface area (Å²) in [6, 6.07) is 10.8. The second-order valence-electron chi connectivity index (χ2n) is 5.02. The van der Waals surface area contributed by atoms with Crippen LogP contribution in [-0.2, 0) is 4.74 Å². The van der Waals surface area contributed by atoms with Crippen LogP contribution in [0.4, 0.5) is 0 Å². The van der Waals surface area contributed by atoms with Crippen LogP contribution >= 0.6 is 0 Å². The van der Waals surface area contributed by atoms with Crippen LogP contribution in [0.5, 0.6) is 0 Å². The summed E-state index contributed by atoms with van der Waals surface area (Å²) in [5.74, 6) is 0. The molecule has 1 N–H and O–H groups in total. The van der Waals surface area contributed by atoms with Gasteiger partial charge in [-0.25, -0.2) is 0 Å². The zero-order valence-corrected chi connectivity index (χ0v) is 10.1. The molecule has 3 heteroatoms. The lowest BCUT2D eigenvalue weighted by Crippen LogP contribution is -2.45. The van der Waals surface area contributed by atoms with E-state index in [1.807, 2.05) is 18.2 Å². The highest BCUT2D eigenvalue weighted by Crippen LogP contribution is 2.39. The van der Waals surface area contributed by atoms with E-state index in [4.69, 9.17) is 4.74 Å². The van der Waals surface area contributed by atoms with Crippen molar-refractivity contribution in [3.63, 3.8) is 0 Å². The molecule has 0 radical (unpaired) electrons. The van der Waals surface area contributed by atoms with Gasteiger partial charge < -0.3 is 9.84 Å². The van der Waals surface area contributed by atoms with Crippen LogP contribution in [0.1, 0.15) is 24.9 Å². The van der Waals surface area contributed by atoms with Crippen molar-refractivity contribution in [2.24, 2.45) is 0 Å². The predicted octanol–water partition coefficient (Wildman–Crippen LogP) is 1.58. The third-order valence-electron chi connectivity index (χ3n) is 4.05.